The third kappa shape index (κ3) is 3.47. The summed E-state index contributed by atoms with van der Waals surface area (Å²) in [7, 11) is 0. The van der Waals surface area contributed by atoms with Crippen LogP contribution >= 0.6 is 11.3 Å². The summed E-state index contributed by atoms with van der Waals surface area (Å²) in [6.07, 6.45) is 5.86. The number of nitrogens with one attached hydrogen (secondary N) is 1. The number of aromatic nitrogens is 1. The van der Waals surface area contributed by atoms with E-state index >= 15 is 0 Å². The molecule has 0 bridgehead atoms. The fraction of sp³-hybridized carbons (Fsp3) is 0.714. The molecule has 3 N–H and O–H groups in total. The number of rotatable bonds is 4. The zero-order chi connectivity index (χ0) is 14.7. The third-order valence-electron chi connectivity index (χ3n) is 3.99. The van der Waals surface area contributed by atoms with E-state index in [0.717, 1.165) is 37.7 Å². The van der Waals surface area contributed by atoms with Crippen molar-refractivity contribution in [1.29, 1.82) is 0 Å². The van der Waals surface area contributed by atoms with Crippen molar-refractivity contribution in [2.24, 2.45) is 0 Å². The van der Waals surface area contributed by atoms with Gasteiger partial charge < -0.3 is 20.7 Å². The Kier molecular flexibility index (Phi) is 4.60. The molecule has 116 valence electrons. The van der Waals surface area contributed by atoms with Gasteiger partial charge in [-0.05, 0) is 32.1 Å². The predicted octanol–water partition coefficient (Wildman–Crippen LogP) is 1.62. The number of hydrogen-bond donors (Lipinski definition) is 2. The van der Waals surface area contributed by atoms with E-state index in [4.69, 9.17) is 10.5 Å². The first-order valence-electron chi connectivity index (χ1n) is 7.65. The second kappa shape index (κ2) is 6.62. The summed E-state index contributed by atoms with van der Waals surface area (Å²) in [4.78, 5) is 19.3. The third-order valence-corrected chi connectivity index (χ3v) is 5.12. The molecule has 1 aromatic rings. The van der Waals surface area contributed by atoms with Crippen LogP contribution in [0, 0.1) is 0 Å². The number of anilines is 2. The van der Waals surface area contributed by atoms with Crippen LogP contribution in [0.5, 0.6) is 0 Å². The molecule has 6 nitrogen and oxygen atoms in total. The Morgan fingerprint density at radius 1 is 1.38 bits per heavy atom. The average Bonchev–Trinajstić information content (AvgIpc) is 3.15. The molecule has 7 heteroatoms. The van der Waals surface area contributed by atoms with Gasteiger partial charge in [0.15, 0.2) is 5.13 Å². The first-order valence-corrected chi connectivity index (χ1v) is 8.47. The highest BCUT2D eigenvalue weighted by Gasteiger charge is 2.22. The summed E-state index contributed by atoms with van der Waals surface area (Å²) >= 11 is 1.39. The van der Waals surface area contributed by atoms with E-state index < -0.39 is 0 Å². The lowest BCUT2D eigenvalue weighted by Crippen LogP contribution is -2.31. The van der Waals surface area contributed by atoms with Gasteiger partial charge in [-0.25, -0.2) is 4.98 Å². The second-order valence-corrected chi connectivity index (χ2v) is 6.58. The summed E-state index contributed by atoms with van der Waals surface area (Å²) in [5.41, 5.74) is 5.91. The van der Waals surface area contributed by atoms with Crippen LogP contribution in [0.2, 0.25) is 0 Å². The smallest absolute Gasteiger partial charge is 0.265 e. The van der Waals surface area contributed by atoms with Crippen LogP contribution in [0.4, 0.5) is 10.9 Å². The number of nitrogens with two attached hydrogens (primary N) is 1. The van der Waals surface area contributed by atoms with Crippen molar-refractivity contribution < 1.29 is 9.53 Å². The molecule has 2 aliphatic rings. The minimum Gasteiger partial charge on any atom is -0.382 e. The number of carbonyl (C=O) groups is 1. The van der Waals surface area contributed by atoms with E-state index in [2.05, 4.69) is 15.2 Å². The van der Waals surface area contributed by atoms with Crippen molar-refractivity contribution >= 4 is 28.2 Å². The van der Waals surface area contributed by atoms with Crippen LogP contribution in [0.15, 0.2) is 0 Å². The van der Waals surface area contributed by atoms with Crippen LogP contribution < -0.4 is 16.0 Å². The van der Waals surface area contributed by atoms with Crippen molar-refractivity contribution in [1.82, 2.24) is 10.3 Å². The second-order valence-electron chi connectivity index (χ2n) is 5.60. The fourth-order valence-corrected chi connectivity index (χ4v) is 3.75. The van der Waals surface area contributed by atoms with Gasteiger partial charge in [0.05, 0.1) is 6.10 Å². The molecule has 1 unspecified atom stereocenters. The summed E-state index contributed by atoms with van der Waals surface area (Å²) in [6.45, 7) is 3.35. The summed E-state index contributed by atoms with van der Waals surface area (Å²) in [6, 6.07) is 0. The molecular weight excluding hydrogens is 288 g/mol. The summed E-state index contributed by atoms with van der Waals surface area (Å²) < 4.78 is 5.50. The lowest BCUT2D eigenvalue weighted by molar-refractivity contribution is 0.0861. The topological polar surface area (TPSA) is 80.5 Å². The van der Waals surface area contributed by atoms with E-state index in [0.29, 0.717) is 17.2 Å². The molecular formula is C14H22N4O2S. The molecule has 0 radical (unpaired) electrons. The lowest BCUT2D eigenvalue weighted by Gasteiger charge is -2.25. The van der Waals surface area contributed by atoms with Crippen molar-refractivity contribution in [3.8, 4) is 0 Å². The van der Waals surface area contributed by atoms with Gasteiger partial charge in [-0.1, -0.05) is 11.3 Å². The van der Waals surface area contributed by atoms with Gasteiger partial charge in [-0.15, -0.1) is 0 Å². The molecule has 2 saturated heterocycles. The van der Waals surface area contributed by atoms with E-state index in [1.807, 2.05) is 0 Å². The molecule has 1 amide bonds. The Hall–Kier alpha value is -1.34. The number of nitrogens with zero attached hydrogens (tertiary/aromatic N) is 2. The number of piperidine rings is 1. The minimum atomic E-state index is -0.135. The SMILES string of the molecule is Nc1nc(N2CCCCC2)sc1C(=O)NCC1CCCO1. The van der Waals surface area contributed by atoms with Crippen LogP contribution in [0.1, 0.15) is 41.8 Å². The van der Waals surface area contributed by atoms with Gasteiger partial charge in [0.1, 0.15) is 10.7 Å². The van der Waals surface area contributed by atoms with Crippen LogP contribution in [-0.2, 0) is 4.74 Å². The van der Waals surface area contributed by atoms with E-state index in [-0.39, 0.29) is 12.0 Å². The Labute approximate surface area is 128 Å². The molecule has 21 heavy (non-hydrogen) atoms. The predicted molar refractivity (Wildman–Crippen MR) is 83.9 cm³/mol. The number of carbonyl (C=O) groups excluding carboxylic acids is 1. The van der Waals surface area contributed by atoms with Crippen LogP contribution in [0.25, 0.3) is 0 Å². The fourth-order valence-electron chi connectivity index (χ4n) is 2.80. The zero-order valence-electron chi connectivity index (χ0n) is 12.1. The normalized spacial score (nSPS) is 22.5. The highest BCUT2D eigenvalue weighted by atomic mass is 32.1. The Morgan fingerprint density at radius 2 is 2.19 bits per heavy atom. The largest absolute Gasteiger partial charge is 0.382 e. The van der Waals surface area contributed by atoms with Crippen LogP contribution in [0.3, 0.4) is 0 Å². The average molecular weight is 310 g/mol. The quantitative estimate of drug-likeness (QED) is 0.883. The maximum absolute atomic E-state index is 12.2. The van der Waals surface area contributed by atoms with E-state index in [1.54, 1.807) is 0 Å². The molecule has 0 spiro atoms. The Bertz CT molecular complexity index is 493. The minimum absolute atomic E-state index is 0.135. The van der Waals surface area contributed by atoms with Gasteiger partial charge in [0.2, 0.25) is 0 Å². The van der Waals surface area contributed by atoms with Gasteiger partial charge in [0.25, 0.3) is 5.91 Å². The first kappa shape index (κ1) is 14.6. The first-order chi connectivity index (χ1) is 10.2. The highest BCUT2D eigenvalue weighted by Crippen LogP contribution is 2.30. The summed E-state index contributed by atoms with van der Waals surface area (Å²) in [5.74, 6) is 0.203. The van der Waals surface area contributed by atoms with E-state index in [9.17, 15) is 4.79 Å². The number of nitrogen functional groups attached to an aromatic ring is 1. The Balaban J connectivity index is 1.61. The van der Waals surface area contributed by atoms with Crippen LogP contribution in [-0.4, -0.2) is 43.2 Å². The highest BCUT2D eigenvalue weighted by molar-refractivity contribution is 7.18. The van der Waals surface area contributed by atoms with Crippen molar-refractivity contribution in [3.63, 3.8) is 0 Å². The molecule has 3 rings (SSSR count). The molecule has 2 aliphatic heterocycles. The summed E-state index contributed by atoms with van der Waals surface area (Å²) in [5, 5.41) is 3.78. The molecule has 0 aliphatic carbocycles. The van der Waals surface area contributed by atoms with Crippen molar-refractivity contribution in [2.45, 2.75) is 38.2 Å². The van der Waals surface area contributed by atoms with Crippen molar-refractivity contribution in [3.05, 3.63) is 4.88 Å². The number of hydrogen-bond acceptors (Lipinski definition) is 6. The monoisotopic (exact) mass is 310 g/mol. The standard InChI is InChI=1S/C14H22N4O2S/c15-12-11(13(19)16-9-10-5-4-8-20-10)21-14(17-12)18-6-2-1-3-7-18/h10H,1-9,15H2,(H,16,19). The van der Waals surface area contributed by atoms with Gasteiger partial charge in [0, 0.05) is 26.2 Å². The zero-order valence-corrected chi connectivity index (χ0v) is 13.0. The molecule has 2 fully saturated rings. The van der Waals surface area contributed by atoms with E-state index in [1.165, 1.54) is 30.6 Å². The number of ether oxygens (including phenoxy) is 1. The molecule has 0 aromatic carbocycles. The lowest BCUT2D eigenvalue weighted by atomic mass is 10.1. The molecule has 3 heterocycles. The number of thiazole rings is 1. The van der Waals surface area contributed by atoms with Gasteiger partial charge in [-0.2, -0.15) is 0 Å². The Morgan fingerprint density at radius 3 is 2.90 bits per heavy atom. The maximum Gasteiger partial charge on any atom is 0.265 e. The molecule has 0 saturated carbocycles. The number of amides is 1. The molecule has 1 aromatic heterocycles. The maximum atomic E-state index is 12.2. The van der Waals surface area contributed by atoms with Gasteiger partial charge in [-0.3, -0.25) is 4.79 Å². The molecule has 1 atom stereocenters. The van der Waals surface area contributed by atoms with Gasteiger partial charge >= 0.3 is 0 Å². The van der Waals surface area contributed by atoms with Crippen molar-refractivity contribution in [2.75, 3.05) is 36.9 Å².